The van der Waals surface area contributed by atoms with Gasteiger partial charge < -0.3 is 15.2 Å². The zero-order valence-corrected chi connectivity index (χ0v) is 18.4. The van der Waals surface area contributed by atoms with E-state index in [1.807, 2.05) is 48.7 Å². The van der Waals surface area contributed by atoms with Gasteiger partial charge in [-0.25, -0.2) is 0 Å². The van der Waals surface area contributed by atoms with Gasteiger partial charge in [-0.1, -0.05) is 60.3 Å². The average molecular weight is 436 g/mol. The number of benzene rings is 2. The van der Waals surface area contributed by atoms with Gasteiger partial charge >= 0.3 is 0 Å². The van der Waals surface area contributed by atoms with Crippen LogP contribution in [0.3, 0.4) is 0 Å². The zero-order valence-electron chi connectivity index (χ0n) is 17.5. The normalized spacial score (nSPS) is 11.5. The summed E-state index contributed by atoms with van der Waals surface area (Å²) in [5.74, 6) is 0.428. The third-order valence-electron chi connectivity index (χ3n) is 4.64. The molecule has 2 amide bonds. The van der Waals surface area contributed by atoms with Crippen molar-refractivity contribution in [2.75, 3.05) is 11.1 Å². The molecule has 0 bridgehead atoms. The SMILES string of the molecule is C=CCn1c(C)nnc1SCC(=O)Nc1ccccc1C(=O)NC(C)c1ccccc1. The third-order valence-corrected chi connectivity index (χ3v) is 5.61. The lowest BCUT2D eigenvalue weighted by atomic mass is 10.1. The van der Waals surface area contributed by atoms with Gasteiger partial charge in [0.25, 0.3) is 5.91 Å². The molecule has 7 nitrogen and oxygen atoms in total. The highest BCUT2D eigenvalue weighted by Crippen LogP contribution is 2.20. The molecule has 2 N–H and O–H groups in total. The van der Waals surface area contributed by atoms with Gasteiger partial charge in [0.1, 0.15) is 5.82 Å². The molecule has 0 radical (unpaired) electrons. The van der Waals surface area contributed by atoms with Crippen LogP contribution in [-0.4, -0.2) is 32.3 Å². The average Bonchev–Trinajstić information content (AvgIpc) is 3.13. The molecule has 0 aliphatic carbocycles. The molecule has 1 aromatic heterocycles. The predicted molar refractivity (Wildman–Crippen MR) is 123 cm³/mol. The van der Waals surface area contributed by atoms with E-state index in [1.165, 1.54) is 11.8 Å². The molecule has 0 spiro atoms. The van der Waals surface area contributed by atoms with Gasteiger partial charge in [-0.3, -0.25) is 9.59 Å². The Morgan fingerprint density at radius 1 is 1.13 bits per heavy atom. The summed E-state index contributed by atoms with van der Waals surface area (Å²) >= 11 is 1.29. The number of allylic oxidation sites excluding steroid dienone is 1. The number of rotatable bonds is 9. The Morgan fingerprint density at radius 2 is 1.84 bits per heavy atom. The first-order chi connectivity index (χ1) is 15.0. The van der Waals surface area contributed by atoms with Crippen LogP contribution in [0.2, 0.25) is 0 Å². The third kappa shape index (κ3) is 5.82. The van der Waals surface area contributed by atoms with Crippen LogP contribution < -0.4 is 10.6 Å². The van der Waals surface area contributed by atoms with E-state index < -0.39 is 0 Å². The first-order valence-electron chi connectivity index (χ1n) is 9.87. The molecule has 31 heavy (non-hydrogen) atoms. The minimum Gasteiger partial charge on any atom is -0.345 e. The second kappa shape index (κ2) is 10.6. The van der Waals surface area contributed by atoms with Crippen molar-refractivity contribution < 1.29 is 9.59 Å². The molecule has 0 fully saturated rings. The number of hydrogen-bond donors (Lipinski definition) is 2. The number of anilines is 1. The van der Waals surface area contributed by atoms with Gasteiger partial charge in [-0.2, -0.15) is 0 Å². The number of aryl methyl sites for hydroxylation is 1. The van der Waals surface area contributed by atoms with Crippen LogP contribution in [-0.2, 0) is 11.3 Å². The summed E-state index contributed by atoms with van der Waals surface area (Å²) in [5.41, 5.74) is 1.89. The van der Waals surface area contributed by atoms with Crippen LogP contribution in [0.4, 0.5) is 5.69 Å². The summed E-state index contributed by atoms with van der Waals surface area (Å²) in [4.78, 5) is 25.4. The van der Waals surface area contributed by atoms with Crippen molar-refractivity contribution in [1.82, 2.24) is 20.1 Å². The number of carbonyl (C=O) groups excluding carboxylic acids is 2. The molecule has 3 aromatic rings. The molecule has 8 heteroatoms. The molecule has 160 valence electrons. The van der Waals surface area contributed by atoms with Gasteiger partial charge in [0.15, 0.2) is 5.16 Å². The number of hydrogen-bond acceptors (Lipinski definition) is 5. The summed E-state index contributed by atoms with van der Waals surface area (Å²) in [7, 11) is 0. The van der Waals surface area contributed by atoms with Crippen LogP contribution in [0.15, 0.2) is 72.4 Å². The minimum absolute atomic E-state index is 0.144. The number of carbonyl (C=O) groups is 2. The second-order valence-electron chi connectivity index (χ2n) is 6.92. The largest absolute Gasteiger partial charge is 0.345 e. The zero-order chi connectivity index (χ0) is 22.2. The van der Waals surface area contributed by atoms with E-state index in [1.54, 1.807) is 30.3 Å². The van der Waals surface area contributed by atoms with Gasteiger partial charge in [-0.05, 0) is 31.5 Å². The smallest absolute Gasteiger partial charge is 0.253 e. The monoisotopic (exact) mass is 435 g/mol. The lowest BCUT2D eigenvalue weighted by molar-refractivity contribution is -0.113. The van der Waals surface area contributed by atoms with E-state index in [2.05, 4.69) is 27.4 Å². The van der Waals surface area contributed by atoms with Crippen LogP contribution in [0, 0.1) is 6.92 Å². The maximum Gasteiger partial charge on any atom is 0.253 e. The van der Waals surface area contributed by atoms with Gasteiger partial charge in [-0.15, -0.1) is 16.8 Å². The topological polar surface area (TPSA) is 88.9 Å². The number of nitrogens with zero attached hydrogens (tertiary/aromatic N) is 3. The Bertz CT molecular complexity index is 1060. The summed E-state index contributed by atoms with van der Waals surface area (Å²) in [6, 6.07) is 16.5. The van der Waals surface area contributed by atoms with E-state index in [-0.39, 0.29) is 23.6 Å². The lowest BCUT2D eigenvalue weighted by Gasteiger charge is -2.16. The molecule has 3 rings (SSSR count). The highest BCUT2D eigenvalue weighted by atomic mass is 32.2. The molecule has 0 aliphatic heterocycles. The van der Waals surface area contributed by atoms with Crippen molar-refractivity contribution >= 4 is 29.3 Å². The van der Waals surface area contributed by atoms with Crippen molar-refractivity contribution in [2.45, 2.75) is 31.6 Å². The highest BCUT2D eigenvalue weighted by molar-refractivity contribution is 7.99. The molecule has 1 heterocycles. The molecule has 0 saturated heterocycles. The van der Waals surface area contributed by atoms with Crippen molar-refractivity contribution in [1.29, 1.82) is 0 Å². The lowest BCUT2D eigenvalue weighted by Crippen LogP contribution is -2.28. The van der Waals surface area contributed by atoms with E-state index in [0.29, 0.717) is 23.0 Å². The Balaban J connectivity index is 1.64. The van der Waals surface area contributed by atoms with E-state index in [0.717, 1.165) is 11.4 Å². The van der Waals surface area contributed by atoms with Gasteiger partial charge in [0.05, 0.1) is 23.0 Å². The minimum atomic E-state index is -0.249. The summed E-state index contributed by atoms with van der Waals surface area (Å²) in [5, 5.41) is 14.6. The van der Waals surface area contributed by atoms with E-state index in [4.69, 9.17) is 0 Å². The summed E-state index contributed by atoms with van der Waals surface area (Å²) in [6.07, 6.45) is 1.76. The number of aromatic nitrogens is 3. The Kier molecular flexibility index (Phi) is 7.61. The van der Waals surface area contributed by atoms with Crippen LogP contribution in [0.1, 0.15) is 34.7 Å². The van der Waals surface area contributed by atoms with Crippen molar-refractivity contribution in [3.8, 4) is 0 Å². The quantitative estimate of drug-likeness (QED) is 0.392. The first-order valence-corrected chi connectivity index (χ1v) is 10.9. The number of nitrogens with one attached hydrogen (secondary N) is 2. The fourth-order valence-corrected chi connectivity index (χ4v) is 3.81. The van der Waals surface area contributed by atoms with Crippen LogP contribution >= 0.6 is 11.8 Å². The summed E-state index contributed by atoms with van der Waals surface area (Å²) < 4.78 is 1.89. The molecule has 1 unspecified atom stereocenters. The Labute approximate surface area is 186 Å². The Hall–Kier alpha value is -3.39. The van der Waals surface area contributed by atoms with Gasteiger partial charge in [0.2, 0.25) is 5.91 Å². The van der Waals surface area contributed by atoms with Crippen LogP contribution in [0.25, 0.3) is 0 Å². The van der Waals surface area contributed by atoms with Crippen LogP contribution in [0.5, 0.6) is 0 Å². The first kappa shape index (κ1) is 22.3. The van der Waals surface area contributed by atoms with E-state index >= 15 is 0 Å². The molecule has 0 saturated carbocycles. The maximum absolute atomic E-state index is 12.8. The molecule has 2 aromatic carbocycles. The summed E-state index contributed by atoms with van der Waals surface area (Å²) in [6.45, 7) is 8.08. The van der Waals surface area contributed by atoms with Crippen molar-refractivity contribution in [3.63, 3.8) is 0 Å². The molecular formula is C23H25N5O2S. The van der Waals surface area contributed by atoms with Crippen molar-refractivity contribution in [3.05, 3.63) is 84.2 Å². The van der Waals surface area contributed by atoms with Gasteiger partial charge in [0, 0.05) is 6.54 Å². The highest BCUT2D eigenvalue weighted by Gasteiger charge is 2.17. The molecular weight excluding hydrogens is 410 g/mol. The number of amides is 2. The second-order valence-corrected chi connectivity index (χ2v) is 7.86. The number of para-hydroxylation sites is 1. The molecule has 0 aliphatic rings. The fourth-order valence-electron chi connectivity index (χ4n) is 3.01. The van der Waals surface area contributed by atoms with Crippen molar-refractivity contribution in [2.24, 2.45) is 0 Å². The maximum atomic E-state index is 12.8. The Morgan fingerprint density at radius 3 is 2.58 bits per heavy atom. The standard InChI is InChI=1S/C23H25N5O2S/c1-4-14-28-17(3)26-27-23(28)31-15-21(29)25-20-13-9-8-12-19(20)22(30)24-16(2)18-10-6-5-7-11-18/h4-13,16H,1,14-15H2,2-3H3,(H,24,30)(H,25,29). The fraction of sp³-hybridized carbons (Fsp3) is 0.217. The predicted octanol–water partition coefficient (Wildman–Crippen LogP) is 3.99. The number of thioether (sulfide) groups is 1. The molecule has 1 atom stereocenters. The van der Waals surface area contributed by atoms with E-state index in [9.17, 15) is 9.59 Å².